The number of hydrogen-bond donors (Lipinski definition) is 0. The minimum absolute atomic E-state index is 0.0226. The first kappa shape index (κ1) is 8.39. The second-order valence-corrected chi connectivity index (χ2v) is 4.20. The van der Waals surface area contributed by atoms with Gasteiger partial charge in [-0.05, 0) is 25.0 Å². The number of carbonyl (C=O) groups is 1. The van der Waals surface area contributed by atoms with Gasteiger partial charge in [-0.1, -0.05) is 18.2 Å². The van der Waals surface area contributed by atoms with Crippen LogP contribution in [0.2, 0.25) is 0 Å². The van der Waals surface area contributed by atoms with E-state index in [9.17, 15) is 4.79 Å². The molecule has 2 rings (SSSR count). The van der Waals surface area contributed by atoms with Crippen LogP contribution in [0.1, 0.15) is 21.5 Å². The van der Waals surface area contributed by atoms with E-state index in [0.717, 1.165) is 16.7 Å². The Morgan fingerprint density at radius 1 is 1.23 bits per heavy atom. The highest BCUT2D eigenvalue weighted by Crippen LogP contribution is 2.40. The Kier molecular flexibility index (Phi) is 1.89. The normalized spacial score (nSPS) is 10.6. The molecule has 2 aromatic rings. The van der Waals surface area contributed by atoms with Crippen LogP contribution in [0.4, 0.5) is 0 Å². The van der Waals surface area contributed by atoms with Crippen LogP contribution in [-0.4, -0.2) is 5.52 Å². The zero-order valence-electron chi connectivity index (χ0n) is 7.40. The van der Waals surface area contributed by atoms with Crippen molar-refractivity contribution in [3.8, 4) is 0 Å². The third-order valence-electron chi connectivity index (χ3n) is 2.01. The van der Waals surface area contributed by atoms with E-state index in [1.165, 1.54) is 0 Å². The quantitative estimate of drug-likeness (QED) is 0.693. The third kappa shape index (κ3) is 1.47. The highest BCUT2D eigenvalue weighted by atomic mass is 31.1. The molecule has 0 radical (unpaired) electrons. The summed E-state index contributed by atoms with van der Waals surface area (Å²) in [4.78, 5) is 11.6. The summed E-state index contributed by atoms with van der Waals surface area (Å²) in [6.07, 6.45) is 0. The van der Waals surface area contributed by atoms with Gasteiger partial charge < -0.3 is 0 Å². The van der Waals surface area contributed by atoms with Crippen LogP contribution < -0.4 is 0 Å². The molecule has 0 bridgehead atoms. The largest absolute Gasteiger partial charge is 0.390 e. The summed E-state index contributed by atoms with van der Waals surface area (Å²) in [7, 11) is -1.26. The Balaban J connectivity index is 2.51. The minimum Gasteiger partial charge on any atom is -0.277 e. The van der Waals surface area contributed by atoms with Crippen LogP contribution in [0.25, 0.3) is 0 Å². The zero-order chi connectivity index (χ0) is 9.42. The van der Waals surface area contributed by atoms with Gasteiger partial charge >= 0.3 is 8.01 Å². The Morgan fingerprint density at radius 2 is 1.77 bits per heavy atom. The molecule has 0 saturated carbocycles. The lowest BCUT2D eigenvalue weighted by Crippen LogP contribution is -1.97. The van der Waals surface area contributed by atoms with Gasteiger partial charge in [0, 0.05) is 5.56 Å². The molecule has 3 nitrogen and oxygen atoms in total. The van der Waals surface area contributed by atoms with E-state index in [1.807, 2.05) is 32.0 Å². The highest BCUT2D eigenvalue weighted by molar-refractivity contribution is 7.60. The maximum Gasteiger partial charge on any atom is 0.390 e. The Morgan fingerprint density at radius 3 is 2.23 bits per heavy atom. The fourth-order valence-electron chi connectivity index (χ4n) is 1.33. The molecule has 0 N–H and O–H groups in total. The molecule has 0 atom stereocenters. The third-order valence-corrected chi connectivity index (χ3v) is 2.86. The predicted molar refractivity (Wildman–Crippen MR) is 49.3 cm³/mol. The Hall–Kier alpha value is -1.21. The van der Waals surface area contributed by atoms with Crippen LogP contribution in [0, 0.1) is 13.8 Å². The van der Waals surface area contributed by atoms with Crippen molar-refractivity contribution in [2.45, 2.75) is 13.8 Å². The van der Waals surface area contributed by atoms with E-state index < -0.39 is 8.01 Å². The summed E-state index contributed by atoms with van der Waals surface area (Å²) in [5.41, 5.74) is 2.68. The predicted octanol–water partition coefficient (Wildman–Crippen LogP) is 3.16. The molecule has 0 unspecified atom stereocenters. The first-order valence-corrected chi connectivity index (χ1v) is 5.13. The van der Waals surface area contributed by atoms with Gasteiger partial charge in [0.15, 0.2) is 0 Å². The van der Waals surface area contributed by atoms with Gasteiger partial charge in [-0.2, -0.15) is 0 Å². The molecular weight excluding hydrogens is 187 g/mol. The fraction of sp³-hybridized carbons (Fsp3) is 0.222. The summed E-state index contributed by atoms with van der Waals surface area (Å²) in [6, 6.07) is 5.77. The summed E-state index contributed by atoms with van der Waals surface area (Å²) < 4.78 is 9.10. The van der Waals surface area contributed by atoms with Gasteiger partial charge in [-0.25, -0.2) is 8.71 Å². The van der Waals surface area contributed by atoms with Crippen molar-refractivity contribution >= 4 is 13.5 Å². The lowest BCUT2D eigenvalue weighted by molar-refractivity contribution is 0.108. The molecule has 4 heteroatoms. The van der Waals surface area contributed by atoms with Crippen LogP contribution >= 0.6 is 8.01 Å². The van der Waals surface area contributed by atoms with Crippen molar-refractivity contribution < 1.29 is 13.5 Å². The lowest BCUT2D eigenvalue weighted by Gasteiger charge is -2.02. The molecular formula is C9H9O3P. The van der Waals surface area contributed by atoms with Crippen LogP contribution in [0.3, 0.4) is 0 Å². The first-order valence-electron chi connectivity index (χ1n) is 3.95. The SMILES string of the molecule is Cc1cccc(C)c1C(=O)p1oo1. The highest BCUT2D eigenvalue weighted by Gasteiger charge is 2.24. The molecule has 0 amide bonds. The van der Waals surface area contributed by atoms with E-state index in [4.69, 9.17) is 0 Å². The number of aryl methyl sites for hydroxylation is 2. The Bertz CT molecular complexity index is 404. The molecule has 0 fully saturated rings. The summed E-state index contributed by atoms with van der Waals surface area (Å²) >= 11 is 0. The molecule has 68 valence electrons. The van der Waals surface area contributed by atoms with Crippen molar-refractivity contribution in [1.29, 1.82) is 0 Å². The molecule has 0 aliphatic rings. The molecule has 1 heterocycles. The average molecular weight is 196 g/mol. The summed E-state index contributed by atoms with van der Waals surface area (Å²) in [5, 5.41) is 0. The first-order chi connectivity index (χ1) is 6.20. The molecule has 0 aliphatic heterocycles. The van der Waals surface area contributed by atoms with E-state index in [1.54, 1.807) is 0 Å². The number of benzene rings is 1. The second-order valence-electron chi connectivity index (χ2n) is 2.98. The van der Waals surface area contributed by atoms with E-state index in [-0.39, 0.29) is 5.52 Å². The second kappa shape index (κ2) is 2.93. The number of carbonyl (C=O) groups excluding carboxylic acids is 1. The van der Waals surface area contributed by atoms with Crippen LogP contribution in [0.15, 0.2) is 26.9 Å². The maximum absolute atomic E-state index is 11.6. The van der Waals surface area contributed by atoms with Crippen molar-refractivity contribution in [1.82, 2.24) is 0 Å². The Labute approximate surface area is 76.5 Å². The van der Waals surface area contributed by atoms with Gasteiger partial charge in [-0.15, -0.1) is 0 Å². The number of rotatable bonds is 2. The van der Waals surface area contributed by atoms with E-state index in [0.29, 0.717) is 0 Å². The van der Waals surface area contributed by atoms with E-state index >= 15 is 0 Å². The van der Waals surface area contributed by atoms with Crippen molar-refractivity contribution in [3.63, 3.8) is 0 Å². The standard InChI is InChI=1S/C9H9O3P/c1-6-4-3-5-7(2)8(6)9(10)13-11-12-13/h3-5H,1-2H3. The monoisotopic (exact) mass is 196 g/mol. The lowest BCUT2D eigenvalue weighted by atomic mass is 10.0. The summed E-state index contributed by atoms with van der Waals surface area (Å²) in [5.74, 6) is 0. The topological polar surface area (TPSA) is 43.4 Å². The van der Waals surface area contributed by atoms with Gasteiger partial charge in [0.25, 0.3) is 5.52 Å². The zero-order valence-corrected chi connectivity index (χ0v) is 8.30. The van der Waals surface area contributed by atoms with Crippen molar-refractivity contribution in [2.75, 3.05) is 0 Å². The molecule has 0 aliphatic carbocycles. The van der Waals surface area contributed by atoms with Gasteiger partial charge in [0.05, 0.1) is 0 Å². The average Bonchev–Trinajstić information content (AvgIpc) is 2.85. The number of hydrogen-bond acceptors (Lipinski definition) is 3. The van der Waals surface area contributed by atoms with Gasteiger partial charge in [0.1, 0.15) is 0 Å². The maximum atomic E-state index is 11.6. The molecule has 13 heavy (non-hydrogen) atoms. The smallest absolute Gasteiger partial charge is 0.277 e. The summed E-state index contributed by atoms with van der Waals surface area (Å²) in [6.45, 7) is 3.83. The molecule has 0 spiro atoms. The van der Waals surface area contributed by atoms with Crippen LogP contribution in [0.5, 0.6) is 0 Å². The van der Waals surface area contributed by atoms with Crippen molar-refractivity contribution in [3.05, 3.63) is 34.9 Å². The van der Waals surface area contributed by atoms with Gasteiger partial charge in [0.2, 0.25) is 0 Å². The molecule has 1 aromatic heterocycles. The molecule has 1 aromatic carbocycles. The fourth-order valence-corrected chi connectivity index (χ4v) is 2.13. The van der Waals surface area contributed by atoms with Crippen molar-refractivity contribution in [2.24, 2.45) is 0 Å². The minimum atomic E-state index is -1.26. The van der Waals surface area contributed by atoms with E-state index in [2.05, 4.69) is 8.71 Å². The van der Waals surface area contributed by atoms with Gasteiger partial charge in [-0.3, -0.25) is 4.79 Å². The van der Waals surface area contributed by atoms with Crippen LogP contribution in [-0.2, 0) is 0 Å². The molecule has 0 saturated heterocycles.